The number of amides is 1. The fourth-order valence-electron chi connectivity index (χ4n) is 5.07. The van der Waals surface area contributed by atoms with E-state index in [4.69, 9.17) is 10.5 Å². The molecule has 2 saturated carbocycles. The standard InChI is InChI=1S/C30H38BrF2N3O2S/c31-24-11-9-23(10-12-24)30(32,33)28(29(37)35-19-17-27(34)22-7-4-8-22)36-39-26-15-13-25(14-16-26)38-20-18-21-5-2-1-3-6-21/h9-16,19,21-22,27-28,36H,1-8,17-18,20,34H2. The molecule has 0 saturated heterocycles. The fraction of sp³-hybridized carbons (Fsp3) is 0.533. The molecule has 2 aromatic carbocycles. The van der Waals surface area contributed by atoms with E-state index in [9.17, 15) is 4.79 Å². The van der Waals surface area contributed by atoms with E-state index in [0.29, 0.717) is 28.3 Å². The van der Waals surface area contributed by atoms with E-state index in [2.05, 4.69) is 25.6 Å². The summed E-state index contributed by atoms with van der Waals surface area (Å²) < 4.78 is 40.5. The molecule has 1 amide bonds. The van der Waals surface area contributed by atoms with Gasteiger partial charge in [-0.05, 0) is 85.9 Å². The Bertz CT molecular complexity index is 1070. The zero-order valence-corrected chi connectivity index (χ0v) is 24.6. The van der Waals surface area contributed by atoms with Crippen LogP contribution in [0.15, 0.2) is 62.9 Å². The van der Waals surface area contributed by atoms with E-state index in [0.717, 1.165) is 49.3 Å². The van der Waals surface area contributed by atoms with Crippen molar-refractivity contribution in [3.8, 4) is 5.75 Å². The number of benzene rings is 2. The number of hydrogen-bond acceptors (Lipinski definition) is 5. The van der Waals surface area contributed by atoms with E-state index in [1.165, 1.54) is 62.6 Å². The van der Waals surface area contributed by atoms with Gasteiger partial charge < -0.3 is 10.5 Å². The van der Waals surface area contributed by atoms with Crippen molar-refractivity contribution >= 4 is 40.0 Å². The second-order valence-electron chi connectivity index (χ2n) is 10.6. The first-order valence-corrected chi connectivity index (χ1v) is 15.5. The number of nitrogens with zero attached hydrogens (tertiary/aromatic N) is 1. The number of alkyl halides is 2. The van der Waals surface area contributed by atoms with Crippen molar-refractivity contribution in [3.05, 3.63) is 58.6 Å². The van der Waals surface area contributed by atoms with Crippen LogP contribution in [0.4, 0.5) is 8.78 Å². The van der Waals surface area contributed by atoms with Gasteiger partial charge in [-0.3, -0.25) is 4.79 Å². The smallest absolute Gasteiger partial charge is 0.298 e. The number of nitrogens with two attached hydrogens (primary N) is 1. The van der Waals surface area contributed by atoms with Crippen LogP contribution in [0.1, 0.15) is 69.8 Å². The third-order valence-corrected chi connectivity index (χ3v) is 9.22. The Kier molecular flexibility index (Phi) is 11.4. The fourth-order valence-corrected chi connectivity index (χ4v) is 6.11. The van der Waals surface area contributed by atoms with E-state index in [-0.39, 0.29) is 11.6 Å². The van der Waals surface area contributed by atoms with Crippen molar-refractivity contribution in [2.24, 2.45) is 22.6 Å². The van der Waals surface area contributed by atoms with Crippen molar-refractivity contribution in [2.45, 2.75) is 87.1 Å². The molecule has 0 radical (unpaired) electrons. The van der Waals surface area contributed by atoms with Gasteiger partial charge in [-0.15, -0.1) is 0 Å². The lowest BCUT2D eigenvalue weighted by molar-refractivity contribution is -0.130. The Morgan fingerprint density at radius 1 is 1.08 bits per heavy atom. The normalized spacial score (nSPS) is 18.6. The van der Waals surface area contributed by atoms with E-state index < -0.39 is 17.9 Å². The monoisotopic (exact) mass is 621 g/mol. The largest absolute Gasteiger partial charge is 0.494 e. The van der Waals surface area contributed by atoms with Crippen LogP contribution in [0.3, 0.4) is 0 Å². The van der Waals surface area contributed by atoms with Gasteiger partial charge in [-0.2, -0.15) is 8.78 Å². The molecule has 4 rings (SSSR count). The maximum atomic E-state index is 15.6. The summed E-state index contributed by atoms with van der Waals surface area (Å²) in [4.78, 5) is 17.5. The number of ether oxygens (including phenoxy) is 1. The highest BCUT2D eigenvalue weighted by Crippen LogP contribution is 2.35. The van der Waals surface area contributed by atoms with Gasteiger partial charge >= 0.3 is 0 Å². The molecule has 0 aliphatic heterocycles. The van der Waals surface area contributed by atoms with Gasteiger partial charge in [-0.25, -0.2) is 9.71 Å². The van der Waals surface area contributed by atoms with Crippen LogP contribution in [-0.4, -0.2) is 30.8 Å². The van der Waals surface area contributed by atoms with Gasteiger partial charge in [0, 0.05) is 27.2 Å². The summed E-state index contributed by atoms with van der Waals surface area (Å²) in [7, 11) is 0. The van der Waals surface area contributed by atoms with Gasteiger partial charge in [-0.1, -0.05) is 66.6 Å². The molecule has 39 heavy (non-hydrogen) atoms. The summed E-state index contributed by atoms with van der Waals surface area (Å²) in [6.07, 6.45) is 12.7. The molecule has 2 aliphatic rings. The molecule has 2 aliphatic carbocycles. The lowest BCUT2D eigenvalue weighted by Gasteiger charge is -2.30. The van der Waals surface area contributed by atoms with E-state index in [1.807, 2.05) is 12.1 Å². The Morgan fingerprint density at radius 3 is 2.41 bits per heavy atom. The van der Waals surface area contributed by atoms with Gasteiger partial charge in [0.05, 0.1) is 6.61 Å². The molecule has 0 bridgehead atoms. The Balaban J connectivity index is 1.36. The highest BCUT2D eigenvalue weighted by Gasteiger charge is 2.46. The molecule has 2 aromatic rings. The maximum absolute atomic E-state index is 15.6. The van der Waals surface area contributed by atoms with Gasteiger partial charge in [0.2, 0.25) is 0 Å². The topological polar surface area (TPSA) is 76.7 Å². The Labute approximate surface area is 243 Å². The van der Waals surface area contributed by atoms with Gasteiger partial charge in [0.1, 0.15) is 5.75 Å². The molecular weight excluding hydrogens is 584 g/mol. The van der Waals surface area contributed by atoms with Gasteiger partial charge in [0.25, 0.3) is 11.8 Å². The number of nitrogens with one attached hydrogen (secondary N) is 1. The third-order valence-electron chi connectivity index (χ3n) is 7.83. The number of halogens is 3. The predicted molar refractivity (Wildman–Crippen MR) is 157 cm³/mol. The molecule has 2 atom stereocenters. The maximum Gasteiger partial charge on any atom is 0.298 e. The molecule has 5 nitrogen and oxygen atoms in total. The number of carbonyl (C=O) groups excluding carboxylic acids is 1. The summed E-state index contributed by atoms with van der Waals surface area (Å²) in [6.45, 7) is 0.674. The number of rotatable bonds is 13. The van der Waals surface area contributed by atoms with Crippen LogP contribution in [0.5, 0.6) is 5.75 Å². The number of hydrogen-bond donors (Lipinski definition) is 2. The summed E-state index contributed by atoms with van der Waals surface area (Å²) in [5, 5.41) is 0. The summed E-state index contributed by atoms with van der Waals surface area (Å²) in [5.74, 6) is -2.51. The average Bonchev–Trinajstić information content (AvgIpc) is 2.89. The Hall–Kier alpha value is -1.81. The van der Waals surface area contributed by atoms with Crippen LogP contribution < -0.4 is 15.2 Å². The molecule has 0 aromatic heterocycles. The second kappa shape index (κ2) is 14.7. The first-order valence-electron chi connectivity index (χ1n) is 13.9. The molecule has 2 fully saturated rings. The van der Waals surface area contributed by atoms with E-state index in [1.54, 1.807) is 12.1 Å². The minimum atomic E-state index is -3.49. The lowest BCUT2D eigenvalue weighted by atomic mass is 9.79. The third kappa shape index (κ3) is 8.84. The first kappa shape index (κ1) is 30.2. The van der Waals surface area contributed by atoms with Crippen LogP contribution in [0.2, 0.25) is 0 Å². The lowest BCUT2D eigenvalue weighted by Crippen LogP contribution is -2.45. The van der Waals surface area contributed by atoms with Crippen LogP contribution in [0, 0.1) is 11.8 Å². The van der Waals surface area contributed by atoms with E-state index >= 15 is 8.78 Å². The molecule has 9 heteroatoms. The van der Waals surface area contributed by atoms with Crippen molar-refractivity contribution in [2.75, 3.05) is 6.61 Å². The zero-order valence-electron chi connectivity index (χ0n) is 22.2. The summed E-state index contributed by atoms with van der Waals surface area (Å²) in [6, 6.07) is 11.0. The van der Waals surface area contributed by atoms with Crippen LogP contribution in [-0.2, 0) is 10.7 Å². The zero-order chi connectivity index (χ0) is 27.7. The molecule has 3 N–H and O–H groups in total. The Morgan fingerprint density at radius 2 is 1.77 bits per heavy atom. The quantitative estimate of drug-likeness (QED) is 0.177. The summed E-state index contributed by atoms with van der Waals surface area (Å²) >= 11 is 4.25. The highest BCUT2D eigenvalue weighted by atomic mass is 79.9. The van der Waals surface area contributed by atoms with Crippen molar-refractivity contribution in [3.63, 3.8) is 0 Å². The minimum Gasteiger partial charge on any atom is -0.494 e. The molecule has 2 unspecified atom stereocenters. The summed E-state index contributed by atoms with van der Waals surface area (Å²) in [5.41, 5.74) is 5.90. The first-order chi connectivity index (χ1) is 18.8. The number of aliphatic imine (C=N–C) groups is 1. The average molecular weight is 623 g/mol. The van der Waals surface area contributed by atoms with Gasteiger partial charge in [0.15, 0.2) is 6.04 Å². The number of carbonyl (C=O) groups is 1. The minimum absolute atomic E-state index is 0.105. The predicted octanol–water partition coefficient (Wildman–Crippen LogP) is 7.67. The second-order valence-corrected chi connectivity index (χ2v) is 12.5. The van der Waals surface area contributed by atoms with Crippen LogP contribution >= 0.6 is 27.9 Å². The van der Waals surface area contributed by atoms with Crippen molar-refractivity contribution in [1.29, 1.82) is 0 Å². The highest BCUT2D eigenvalue weighted by molar-refractivity contribution is 9.10. The van der Waals surface area contributed by atoms with Crippen molar-refractivity contribution in [1.82, 2.24) is 4.72 Å². The molecular formula is C30H38BrF2N3O2S. The molecule has 212 valence electrons. The molecule has 0 heterocycles. The SMILES string of the molecule is NC(CC=NC(=O)C(NSc1ccc(OCCC2CCCCC2)cc1)C(F)(F)c1ccc(Br)cc1)C1CCC1. The van der Waals surface area contributed by atoms with Crippen LogP contribution in [0.25, 0.3) is 0 Å². The molecule has 0 spiro atoms. The van der Waals surface area contributed by atoms with Crippen molar-refractivity contribution < 1.29 is 18.3 Å².